The van der Waals surface area contributed by atoms with E-state index >= 15 is 0 Å². The Morgan fingerprint density at radius 2 is 1.50 bits per heavy atom. The summed E-state index contributed by atoms with van der Waals surface area (Å²) in [6.45, 7) is 2.08. The van der Waals surface area contributed by atoms with Crippen molar-refractivity contribution in [2.45, 2.75) is 44.8 Å². The molecule has 0 bridgehead atoms. The summed E-state index contributed by atoms with van der Waals surface area (Å²) in [5, 5.41) is 10.6. The number of likely N-dealkylation sites (tertiary alicyclic amines) is 1. The van der Waals surface area contributed by atoms with Crippen molar-refractivity contribution in [3.8, 4) is 0 Å². The number of carbonyl (C=O) groups excluding carboxylic acids is 2. The molecule has 1 N–H and O–H groups in total. The molecule has 2 fully saturated rings. The summed E-state index contributed by atoms with van der Waals surface area (Å²) in [6.07, 6.45) is 2.30. The summed E-state index contributed by atoms with van der Waals surface area (Å²) < 4.78 is 6.12. The third kappa shape index (κ3) is 4.32. The monoisotopic (exact) mass is 407 g/mol. The number of hydrogen-bond donors (Lipinski definition) is 1. The van der Waals surface area contributed by atoms with Gasteiger partial charge in [-0.3, -0.25) is 14.5 Å². The van der Waals surface area contributed by atoms with E-state index in [0.29, 0.717) is 0 Å². The molecule has 2 amide bonds. The average Bonchev–Trinajstić information content (AvgIpc) is 3.01. The Bertz CT molecular complexity index is 856. The van der Waals surface area contributed by atoms with Gasteiger partial charge in [0.15, 0.2) is 0 Å². The van der Waals surface area contributed by atoms with Crippen molar-refractivity contribution < 1.29 is 19.4 Å². The number of aryl methyl sites for hydroxylation is 1. The fourth-order valence-corrected chi connectivity index (χ4v) is 4.64. The molecular weight excluding hydrogens is 378 g/mol. The number of β-amino-alcohol motifs (C(OH)–C–C–N with tert-alkyl or cyclic N) is 1. The average molecular weight is 408 g/mol. The lowest BCUT2D eigenvalue weighted by Crippen LogP contribution is -2.39. The van der Waals surface area contributed by atoms with Crippen molar-refractivity contribution in [1.29, 1.82) is 0 Å². The van der Waals surface area contributed by atoms with E-state index in [1.165, 1.54) is 4.90 Å². The van der Waals surface area contributed by atoms with E-state index in [4.69, 9.17) is 4.74 Å². The quantitative estimate of drug-likeness (QED) is 0.712. The molecule has 0 radical (unpaired) electrons. The number of carbonyl (C=O) groups is 2. The Hall–Kier alpha value is -2.50. The molecule has 4 rings (SSSR count). The van der Waals surface area contributed by atoms with Crippen molar-refractivity contribution in [3.63, 3.8) is 0 Å². The van der Waals surface area contributed by atoms with Crippen LogP contribution in [0.15, 0.2) is 54.6 Å². The second-order valence-corrected chi connectivity index (χ2v) is 8.47. The van der Waals surface area contributed by atoms with Gasteiger partial charge in [0.2, 0.25) is 11.8 Å². The molecule has 4 atom stereocenters. The predicted octanol–water partition coefficient (Wildman–Crippen LogP) is 3.64. The van der Waals surface area contributed by atoms with Crippen molar-refractivity contribution in [2.75, 3.05) is 13.2 Å². The molecule has 1 aliphatic carbocycles. The number of ether oxygens (including phenoxy) is 1. The summed E-state index contributed by atoms with van der Waals surface area (Å²) in [5.41, 5.74) is 3.16. The predicted molar refractivity (Wildman–Crippen MR) is 114 cm³/mol. The van der Waals surface area contributed by atoms with Gasteiger partial charge in [0.25, 0.3) is 0 Å². The fraction of sp³-hybridized carbons (Fsp3) is 0.440. The maximum absolute atomic E-state index is 12.7. The van der Waals surface area contributed by atoms with Crippen LogP contribution in [0.4, 0.5) is 0 Å². The number of aliphatic hydroxyl groups is 1. The second kappa shape index (κ2) is 9.11. The third-order valence-corrected chi connectivity index (χ3v) is 6.26. The van der Waals surface area contributed by atoms with Crippen LogP contribution in [-0.4, -0.2) is 41.1 Å². The number of benzene rings is 2. The summed E-state index contributed by atoms with van der Waals surface area (Å²) in [5.74, 6) is -0.628. The first-order chi connectivity index (χ1) is 14.5. The molecular formula is C25H29NO4. The van der Waals surface area contributed by atoms with Gasteiger partial charge in [0, 0.05) is 0 Å². The van der Waals surface area contributed by atoms with Crippen LogP contribution in [0.3, 0.4) is 0 Å². The van der Waals surface area contributed by atoms with Gasteiger partial charge in [-0.15, -0.1) is 0 Å². The van der Waals surface area contributed by atoms with Crippen molar-refractivity contribution >= 4 is 11.8 Å². The first kappa shape index (κ1) is 20.8. The highest BCUT2D eigenvalue weighted by Crippen LogP contribution is 2.38. The Morgan fingerprint density at radius 1 is 0.933 bits per heavy atom. The molecule has 1 saturated heterocycles. The molecule has 1 saturated carbocycles. The maximum Gasteiger partial charge on any atom is 0.233 e. The van der Waals surface area contributed by atoms with E-state index in [1.54, 1.807) is 0 Å². The van der Waals surface area contributed by atoms with Gasteiger partial charge in [-0.1, -0.05) is 73.0 Å². The number of nitrogens with zero attached hydrogens (tertiary/aromatic N) is 1. The lowest BCUT2D eigenvalue weighted by molar-refractivity contribution is -0.142. The van der Waals surface area contributed by atoms with Crippen molar-refractivity contribution in [1.82, 2.24) is 4.90 Å². The van der Waals surface area contributed by atoms with Crippen LogP contribution >= 0.6 is 0 Å². The highest BCUT2D eigenvalue weighted by Gasteiger charge is 2.48. The van der Waals surface area contributed by atoms with Crippen molar-refractivity contribution in [2.24, 2.45) is 11.8 Å². The summed E-state index contributed by atoms with van der Waals surface area (Å²) >= 11 is 0. The minimum absolute atomic E-state index is 0.0000736. The van der Waals surface area contributed by atoms with Crippen LogP contribution in [0.25, 0.3) is 0 Å². The Balaban J connectivity index is 1.43. The number of amides is 2. The number of fused-ring (bicyclic) bond motifs is 1. The van der Waals surface area contributed by atoms with Crippen LogP contribution in [0.2, 0.25) is 0 Å². The lowest BCUT2D eigenvalue weighted by atomic mass is 9.81. The summed E-state index contributed by atoms with van der Waals surface area (Å²) in [4.78, 5) is 26.6. The third-order valence-electron chi connectivity index (χ3n) is 6.26. The Morgan fingerprint density at radius 3 is 2.10 bits per heavy atom. The standard InChI is InChI=1S/C25H29NO4/c1-17-11-13-19(14-12-17)23(18-7-3-2-4-8-18)30-16-20(27)15-26-24(28)21-9-5-6-10-22(21)25(26)29/h2-4,7-8,11-14,20-23,27H,5-6,9-10,15-16H2,1H3/t20-,21-,22+,23-/m1/s1. The molecule has 0 aromatic heterocycles. The van der Waals surface area contributed by atoms with Gasteiger partial charge >= 0.3 is 0 Å². The largest absolute Gasteiger partial charge is 0.389 e. The van der Waals surface area contributed by atoms with E-state index < -0.39 is 6.10 Å². The molecule has 2 aromatic carbocycles. The number of imide groups is 1. The van der Waals surface area contributed by atoms with Gasteiger partial charge in [-0.2, -0.15) is 0 Å². The summed E-state index contributed by atoms with van der Waals surface area (Å²) in [6, 6.07) is 18.0. The lowest BCUT2D eigenvalue weighted by Gasteiger charge is -2.23. The van der Waals surface area contributed by atoms with E-state index in [0.717, 1.165) is 42.4 Å². The molecule has 5 nitrogen and oxygen atoms in total. The van der Waals surface area contributed by atoms with Crippen LogP contribution < -0.4 is 0 Å². The zero-order valence-electron chi connectivity index (χ0n) is 17.4. The molecule has 2 aromatic rings. The number of aliphatic hydroxyl groups excluding tert-OH is 1. The molecule has 158 valence electrons. The smallest absolute Gasteiger partial charge is 0.233 e. The molecule has 5 heteroatoms. The van der Waals surface area contributed by atoms with Gasteiger partial charge in [-0.25, -0.2) is 0 Å². The minimum atomic E-state index is -0.922. The minimum Gasteiger partial charge on any atom is -0.389 e. The second-order valence-electron chi connectivity index (χ2n) is 8.47. The van der Waals surface area contributed by atoms with Crippen molar-refractivity contribution in [3.05, 3.63) is 71.3 Å². The van der Waals surface area contributed by atoms with Crippen LogP contribution in [0, 0.1) is 18.8 Å². The van der Waals surface area contributed by atoms with Gasteiger partial charge in [-0.05, 0) is 30.9 Å². The van der Waals surface area contributed by atoms with Crippen LogP contribution in [0.5, 0.6) is 0 Å². The van der Waals surface area contributed by atoms with Gasteiger partial charge < -0.3 is 9.84 Å². The Kier molecular flexibility index (Phi) is 6.30. The number of hydrogen-bond acceptors (Lipinski definition) is 4. The molecule has 30 heavy (non-hydrogen) atoms. The van der Waals surface area contributed by atoms with Gasteiger partial charge in [0.1, 0.15) is 6.10 Å². The SMILES string of the molecule is Cc1ccc([C@H](OC[C@H](O)CN2C(=O)[C@H]3CCCC[C@H]3C2=O)c2ccccc2)cc1. The van der Waals surface area contributed by atoms with E-state index in [9.17, 15) is 14.7 Å². The summed E-state index contributed by atoms with van der Waals surface area (Å²) in [7, 11) is 0. The van der Waals surface area contributed by atoms with Gasteiger partial charge in [0.05, 0.1) is 31.1 Å². The first-order valence-corrected chi connectivity index (χ1v) is 10.8. The zero-order valence-corrected chi connectivity index (χ0v) is 17.4. The van der Waals surface area contributed by atoms with E-state index in [2.05, 4.69) is 0 Å². The highest BCUT2D eigenvalue weighted by molar-refractivity contribution is 6.05. The molecule has 1 heterocycles. The molecule has 0 spiro atoms. The number of rotatable bonds is 7. The molecule has 1 aliphatic heterocycles. The first-order valence-electron chi connectivity index (χ1n) is 10.8. The topological polar surface area (TPSA) is 66.8 Å². The molecule has 0 unspecified atom stereocenters. The highest BCUT2D eigenvalue weighted by atomic mass is 16.5. The Labute approximate surface area is 177 Å². The zero-order chi connectivity index (χ0) is 21.1. The maximum atomic E-state index is 12.7. The van der Waals surface area contributed by atoms with Crippen LogP contribution in [-0.2, 0) is 14.3 Å². The van der Waals surface area contributed by atoms with E-state index in [-0.39, 0.29) is 42.9 Å². The molecule has 2 aliphatic rings. The van der Waals surface area contributed by atoms with Crippen LogP contribution in [0.1, 0.15) is 48.5 Å². The fourth-order valence-electron chi connectivity index (χ4n) is 4.64. The normalized spacial score (nSPS) is 23.3. The van der Waals surface area contributed by atoms with E-state index in [1.807, 2.05) is 61.5 Å².